The summed E-state index contributed by atoms with van der Waals surface area (Å²) in [7, 11) is 0. The predicted octanol–water partition coefficient (Wildman–Crippen LogP) is 3.04. The largest absolute Gasteiger partial charge is 0.356 e. The van der Waals surface area contributed by atoms with E-state index in [1.165, 1.54) is 18.0 Å². The van der Waals surface area contributed by atoms with Crippen molar-refractivity contribution >= 4 is 40.3 Å². The van der Waals surface area contributed by atoms with Crippen molar-refractivity contribution in [2.24, 2.45) is 5.92 Å². The number of carbonyl (C=O) groups excluding carboxylic acids is 1. The molecule has 7 nitrogen and oxygen atoms in total. The molecule has 0 spiro atoms. The zero-order chi connectivity index (χ0) is 19.8. The van der Waals surface area contributed by atoms with E-state index >= 15 is 0 Å². The first kappa shape index (κ1) is 19.0. The van der Waals surface area contributed by atoms with Crippen molar-refractivity contribution in [2.45, 2.75) is 31.5 Å². The van der Waals surface area contributed by atoms with Crippen LogP contribution in [0.3, 0.4) is 0 Å². The van der Waals surface area contributed by atoms with Crippen molar-refractivity contribution in [2.75, 3.05) is 12.3 Å². The fraction of sp³-hybridized carbons (Fsp3) is 0.368. The monoisotopic (exact) mass is 417 g/mol. The smallest absolute Gasteiger partial charge is 0.265 e. The van der Waals surface area contributed by atoms with Crippen LogP contribution in [-0.4, -0.2) is 37.5 Å². The molecular weight excluding hydrogens is 398 g/mol. The number of carbonyl (C=O) groups is 1. The number of fused-ring (bicyclic) bond motifs is 2. The fourth-order valence-corrected chi connectivity index (χ4v) is 4.50. The van der Waals surface area contributed by atoms with Gasteiger partial charge in [-0.3, -0.25) is 14.2 Å². The lowest BCUT2D eigenvalue weighted by molar-refractivity contribution is -0.121. The average Bonchev–Trinajstić information content (AvgIpc) is 3.25. The van der Waals surface area contributed by atoms with Gasteiger partial charge in [0.25, 0.3) is 5.56 Å². The molecular formula is C19H20ClN5O2S. The van der Waals surface area contributed by atoms with Crippen LogP contribution in [0.5, 0.6) is 0 Å². The number of halogens is 1. The summed E-state index contributed by atoms with van der Waals surface area (Å²) in [5, 5.41) is 8.88. The summed E-state index contributed by atoms with van der Waals surface area (Å²) in [6.07, 6.45) is 1.79. The van der Waals surface area contributed by atoms with Gasteiger partial charge in [-0.25, -0.2) is 9.67 Å². The minimum atomic E-state index is -0.203. The van der Waals surface area contributed by atoms with Gasteiger partial charge in [0.05, 0.1) is 17.9 Å². The number of rotatable bonds is 5. The second-order valence-corrected chi connectivity index (χ2v) is 8.63. The minimum Gasteiger partial charge on any atom is -0.356 e. The summed E-state index contributed by atoms with van der Waals surface area (Å²) < 4.78 is 3.25. The molecule has 2 aromatic heterocycles. The molecule has 1 aromatic carbocycles. The number of nitrogens with zero attached hydrogens (tertiary/aromatic N) is 4. The molecule has 4 rings (SSSR count). The van der Waals surface area contributed by atoms with Crippen molar-refractivity contribution in [3.8, 4) is 5.69 Å². The molecule has 1 amide bonds. The molecule has 1 aliphatic heterocycles. The molecule has 1 N–H and O–H groups in total. The number of aromatic nitrogens is 4. The van der Waals surface area contributed by atoms with Crippen molar-refractivity contribution in [3.63, 3.8) is 0 Å². The summed E-state index contributed by atoms with van der Waals surface area (Å²) >= 11 is 7.57. The molecule has 3 heterocycles. The Morgan fingerprint density at radius 1 is 1.43 bits per heavy atom. The topological polar surface area (TPSA) is 81.8 Å². The number of benzene rings is 1. The Hall–Kier alpha value is -2.32. The maximum Gasteiger partial charge on any atom is 0.265 e. The second-order valence-electron chi connectivity index (χ2n) is 7.21. The highest BCUT2D eigenvalue weighted by Gasteiger charge is 2.29. The third-order valence-corrected chi connectivity index (χ3v) is 5.88. The molecule has 9 heteroatoms. The van der Waals surface area contributed by atoms with Crippen molar-refractivity contribution in [3.05, 3.63) is 45.8 Å². The van der Waals surface area contributed by atoms with Crippen molar-refractivity contribution in [1.29, 1.82) is 0 Å². The van der Waals surface area contributed by atoms with Crippen LogP contribution in [0, 0.1) is 5.92 Å². The molecule has 28 heavy (non-hydrogen) atoms. The molecule has 146 valence electrons. The molecule has 0 saturated heterocycles. The Morgan fingerprint density at radius 3 is 3.00 bits per heavy atom. The zero-order valence-corrected chi connectivity index (χ0v) is 17.1. The molecule has 1 unspecified atom stereocenters. The Bertz CT molecular complexity index is 1110. The first-order valence-electron chi connectivity index (χ1n) is 9.09. The van der Waals surface area contributed by atoms with Gasteiger partial charge in [-0.15, -0.1) is 0 Å². The Kier molecular flexibility index (Phi) is 5.16. The molecule has 0 saturated carbocycles. The van der Waals surface area contributed by atoms with Crippen LogP contribution in [-0.2, 0) is 4.79 Å². The first-order valence-corrected chi connectivity index (χ1v) is 10.5. The predicted molar refractivity (Wildman–Crippen MR) is 110 cm³/mol. The van der Waals surface area contributed by atoms with E-state index in [1.54, 1.807) is 21.4 Å². The molecule has 3 aromatic rings. The summed E-state index contributed by atoms with van der Waals surface area (Å²) in [5.41, 5.74) is 1.07. The van der Waals surface area contributed by atoms with E-state index in [-0.39, 0.29) is 23.9 Å². The van der Waals surface area contributed by atoms with E-state index in [0.717, 1.165) is 5.69 Å². The SMILES string of the molecule is CC(C)CNC(=O)CC1CSc2nc3c(cnn3-c3cccc(Cl)c3)c(=O)n21. The van der Waals surface area contributed by atoms with Crippen molar-refractivity contribution < 1.29 is 4.79 Å². The van der Waals surface area contributed by atoms with Gasteiger partial charge in [-0.2, -0.15) is 5.10 Å². The number of hydrogen-bond acceptors (Lipinski definition) is 5. The molecule has 0 fully saturated rings. The van der Waals surface area contributed by atoms with Crippen LogP contribution in [0.15, 0.2) is 40.4 Å². The third-order valence-electron chi connectivity index (χ3n) is 4.55. The van der Waals surface area contributed by atoms with Crippen LogP contribution in [0.4, 0.5) is 0 Å². The Balaban J connectivity index is 1.68. The van der Waals surface area contributed by atoms with Gasteiger partial charge in [0.1, 0.15) is 5.39 Å². The zero-order valence-electron chi connectivity index (χ0n) is 15.6. The van der Waals surface area contributed by atoms with Crippen molar-refractivity contribution in [1.82, 2.24) is 24.6 Å². The minimum absolute atomic E-state index is 0.0474. The van der Waals surface area contributed by atoms with Crippen LogP contribution in [0.25, 0.3) is 16.7 Å². The van der Waals surface area contributed by atoms with Crippen LogP contribution < -0.4 is 10.9 Å². The lowest BCUT2D eigenvalue weighted by Gasteiger charge is -2.14. The molecule has 0 aliphatic carbocycles. The lowest BCUT2D eigenvalue weighted by Crippen LogP contribution is -2.32. The van der Waals surface area contributed by atoms with E-state index in [9.17, 15) is 9.59 Å². The maximum absolute atomic E-state index is 13.1. The van der Waals surface area contributed by atoms with Crippen LogP contribution in [0.1, 0.15) is 26.3 Å². The summed E-state index contributed by atoms with van der Waals surface area (Å²) in [5.74, 6) is 0.985. The van der Waals surface area contributed by atoms with Gasteiger partial charge in [0.15, 0.2) is 10.8 Å². The summed E-state index contributed by atoms with van der Waals surface area (Å²) in [4.78, 5) is 30.0. The number of hydrogen-bond donors (Lipinski definition) is 1. The average molecular weight is 418 g/mol. The van der Waals surface area contributed by atoms with Gasteiger partial charge >= 0.3 is 0 Å². The number of amides is 1. The van der Waals surface area contributed by atoms with Gasteiger partial charge in [-0.05, 0) is 24.1 Å². The standard InChI is InChI=1S/C19H20ClN5O2S/c1-11(2)8-21-16(26)7-14-10-28-19-23-17-15(18(27)24(14)19)9-22-25(17)13-5-3-4-12(20)6-13/h3-6,9,11,14H,7-8,10H2,1-2H3,(H,21,26). The highest BCUT2D eigenvalue weighted by atomic mass is 35.5. The highest BCUT2D eigenvalue weighted by Crippen LogP contribution is 2.33. The molecule has 1 aliphatic rings. The molecule has 0 bridgehead atoms. The Morgan fingerprint density at radius 2 is 2.25 bits per heavy atom. The summed E-state index contributed by atoms with van der Waals surface area (Å²) in [6.45, 7) is 4.72. The molecule has 0 radical (unpaired) electrons. The lowest BCUT2D eigenvalue weighted by atomic mass is 10.2. The van der Waals surface area contributed by atoms with Gasteiger partial charge in [-0.1, -0.05) is 43.3 Å². The van der Waals surface area contributed by atoms with Crippen LogP contribution >= 0.6 is 23.4 Å². The number of nitrogens with one attached hydrogen (secondary N) is 1. The normalized spacial score (nSPS) is 15.9. The summed E-state index contributed by atoms with van der Waals surface area (Å²) in [6, 6.07) is 7.04. The quantitative estimate of drug-likeness (QED) is 0.645. The van der Waals surface area contributed by atoms with Gasteiger partial charge in [0.2, 0.25) is 5.91 Å². The van der Waals surface area contributed by atoms with E-state index < -0.39 is 0 Å². The fourth-order valence-electron chi connectivity index (χ4n) is 3.18. The van der Waals surface area contributed by atoms with E-state index in [2.05, 4.69) is 15.4 Å². The van der Waals surface area contributed by atoms with E-state index in [0.29, 0.717) is 39.4 Å². The second kappa shape index (κ2) is 7.60. The van der Waals surface area contributed by atoms with Crippen LogP contribution in [0.2, 0.25) is 5.02 Å². The maximum atomic E-state index is 13.1. The molecule has 1 atom stereocenters. The highest BCUT2D eigenvalue weighted by molar-refractivity contribution is 7.99. The van der Waals surface area contributed by atoms with E-state index in [4.69, 9.17) is 11.6 Å². The number of thioether (sulfide) groups is 1. The van der Waals surface area contributed by atoms with Gasteiger partial charge in [0, 0.05) is 23.7 Å². The first-order chi connectivity index (χ1) is 13.4. The van der Waals surface area contributed by atoms with E-state index in [1.807, 2.05) is 26.0 Å². The van der Waals surface area contributed by atoms with Gasteiger partial charge < -0.3 is 5.32 Å². The third kappa shape index (κ3) is 3.54. The Labute approximate surface area is 171 Å².